The zero-order chi connectivity index (χ0) is 15.5. The number of aromatic nitrogens is 1. The van der Waals surface area contributed by atoms with E-state index in [1.807, 2.05) is 24.3 Å². The highest BCUT2D eigenvalue weighted by atomic mass is 79.9. The standard InChI is InChI=1S/C15H14BrF3N2/c1-20-14(8-10-4-2-3-5-13(10)16)11-9-21-7-6-12(11)15(17,18)19/h2-7,9,14,20H,8H2,1H3. The molecule has 21 heavy (non-hydrogen) atoms. The molecule has 0 aliphatic heterocycles. The first-order chi connectivity index (χ1) is 9.93. The minimum atomic E-state index is -4.39. The molecule has 0 amide bonds. The smallest absolute Gasteiger partial charge is 0.313 e. The number of rotatable bonds is 4. The van der Waals surface area contributed by atoms with E-state index in [1.54, 1.807) is 7.05 Å². The van der Waals surface area contributed by atoms with Crippen LogP contribution >= 0.6 is 15.9 Å². The molecule has 2 nitrogen and oxygen atoms in total. The van der Waals surface area contributed by atoms with Crippen LogP contribution in [0, 0.1) is 0 Å². The maximum Gasteiger partial charge on any atom is 0.416 e. The van der Waals surface area contributed by atoms with E-state index in [2.05, 4.69) is 26.2 Å². The lowest BCUT2D eigenvalue weighted by atomic mass is 9.96. The van der Waals surface area contributed by atoms with Crippen molar-refractivity contribution in [2.75, 3.05) is 7.05 Å². The van der Waals surface area contributed by atoms with Crippen molar-refractivity contribution in [2.45, 2.75) is 18.6 Å². The Labute approximate surface area is 129 Å². The van der Waals surface area contributed by atoms with Gasteiger partial charge in [-0.25, -0.2) is 0 Å². The van der Waals surface area contributed by atoms with Crippen LogP contribution in [-0.2, 0) is 12.6 Å². The van der Waals surface area contributed by atoms with Crippen LogP contribution in [0.4, 0.5) is 13.2 Å². The highest BCUT2D eigenvalue weighted by Gasteiger charge is 2.35. The fraction of sp³-hybridized carbons (Fsp3) is 0.267. The van der Waals surface area contributed by atoms with Gasteiger partial charge in [-0.15, -0.1) is 0 Å². The van der Waals surface area contributed by atoms with Gasteiger partial charge in [0.2, 0.25) is 0 Å². The fourth-order valence-electron chi connectivity index (χ4n) is 2.19. The summed E-state index contributed by atoms with van der Waals surface area (Å²) in [4.78, 5) is 3.84. The number of likely N-dealkylation sites (N-methyl/N-ethyl adjacent to an activating group) is 1. The van der Waals surface area contributed by atoms with Gasteiger partial charge in [-0.05, 0) is 36.7 Å². The Morgan fingerprint density at radius 2 is 1.95 bits per heavy atom. The van der Waals surface area contributed by atoms with Crippen LogP contribution in [0.15, 0.2) is 47.2 Å². The summed E-state index contributed by atoms with van der Waals surface area (Å²) in [7, 11) is 1.65. The second-order valence-corrected chi connectivity index (χ2v) is 5.45. The molecule has 0 spiro atoms. The third kappa shape index (κ3) is 3.83. The Morgan fingerprint density at radius 1 is 1.24 bits per heavy atom. The van der Waals surface area contributed by atoms with Gasteiger partial charge in [0.05, 0.1) is 5.56 Å². The van der Waals surface area contributed by atoms with Crippen molar-refractivity contribution in [2.24, 2.45) is 0 Å². The fourth-order valence-corrected chi connectivity index (χ4v) is 2.64. The molecule has 0 aliphatic carbocycles. The molecule has 0 bridgehead atoms. The van der Waals surface area contributed by atoms with Crippen molar-refractivity contribution < 1.29 is 13.2 Å². The Bertz CT molecular complexity index is 614. The normalized spacial score (nSPS) is 13.2. The summed E-state index contributed by atoms with van der Waals surface area (Å²) < 4.78 is 40.2. The lowest BCUT2D eigenvalue weighted by Crippen LogP contribution is -2.23. The van der Waals surface area contributed by atoms with Crippen LogP contribution < -0.4 is 5.32 Å². The molecule has 0 fully saturated rings. The monoisotopic (exact) mass is 358 g/mol. The molecule has 0 saturated carbocycles. The van der Waals surface area contributed by atoms with Gasteiger partial charge in [-0.1, -0.05) is 34.1 Å². The van der Waals surface area contributed by atoms with Crippen molar-refractivity contribution in [3.8, 4) is 0 Å². The number of hydrogen-bond acceptors (Lipinski definition) is 2. The molecule has 2 rings (SSSR count). The van der Waals surface area contributed by atoms with Crippen LogP contribution in [0.5, 0.6) is 0 Å². The Hall–Kier alpha value is -1.40. The summed E-state index contributed by atoms with van der Waals surface area (Å²) >= 11 is 3.42. The summed E-state index contributed by atoms with van der Waals surface area (Å²) in [5.74, 6) is 0. The van der Waals surface area contributed by atoms with E-state index in [9.17, 15) is 13.2 Å². The predicted molar refractivity (Wildman–Crippen MR) is 78.9 cm³/mol. The number of halogens is 4. The molecule has 1 heterocycles. The van der Waals surface area contributed by atoms with Crippen LogP contribution in [0.25, 0.3) is 0 Å². The average Bonchev–Trinajstić information content (AvgIpc) is 2.45. The van der Waals surface area contributed by atoms with Crippen molar-refractivity contribution in [1.82, 2.24) is 10.3 Å². The molecule has 112 valence electrons. The zero-order valence-corrected chi connectivity index (χ0v) is 12.9. The number of benzene rings is 1. The molecule has 0 saturated heterocycles. The van der Waals surface area contributed by atoms with Crippen LogP contribution in [0.2, 0.25) is 0 Å². The molecule has 0 aliphatic rings. The first-order valence-corrected chi connectivity index (χ1v) is 7.14. The number of nitrogens with zero attached hydrogens (tertiary/aromatic N) is 1. The first-order valence-electron chi connectivity index (χ1n) is 6.35. The number of hydrogen-bond donors (Lipinski definition) is 1. The summed E-state index contributed by atoms with van der Waals surface area (Å²) in [6.07, 6.45) is -1.51. The van der Waals surface area contributed by atoms with E-state index < -0.39 is 17.8 Å². The maximum atomic E-state index is 13.1. The number of pyridine rings is 1. The molecule has 6 heteroatoms. The van der Waals surface area contributed by atoms with Gasteiger partial charge in [-0.3, -0.25) is 4.98 Å². The molecule has 0 radical (unpaired) electrons. The van der Waals surface area contributed by atoms with Gasteiger partial charge >= 0.3 is 6.18 Å². The Morgan fingerprint density at radius 3 is 2.57 bits per heavy atom. The third-order valence-corrected chi connectivity index (χ3v) is 4.04. The van der Waals surface area contributed by atoms with E-state index in [0.29, 0.717) is 6.42 Å². The van der Waals surface area contributed by atoms with Gasteiger partial charge in [0.25, 0.3) is 0 Å². The van der Waals surface area contributed by atoms with Crippen LogP contribution in [-0.4, -0.2) is 12.0 Å². The highest BCUT2D eigenvalue weighted by molar-refractivity contribution is 9.10. The van der Waals surface area contributed by atoms with E-state index in [-0.39, 0.29) is 5.56 Å². The van der Waals surface area contributed by atoms with Crippen LogP contribution in [0.1, 0.15) is 22.7 Å². The van der Waals surface area contributed by atoms with E-state index in [4.69, 9.17) is 0 Å². The van der Waals surface area contributed by atoms with E-state index in [1.165, 1.54) is 6.20 Å². The lowest BCUT2D eigenvalue weighted by Gasteiger charge is -2.21. The minimum Gasteiger partial charge on any atom is -0.313 e. The van der Waals surface area contributed by atoms with E-state index in [0.717, 1.165) is 22.3 Å². The minimum absolute atomic E-state index is 0.156. The Balaban J connectivity index is 2.37. The molecule has 1 aromatic carbocycles. The van der Waals surface area contributed by atoms with Crippen LogP contribution in [0.3, 0.4) is 0 Å². The lowest BCUT2D eigenvalue weighted by molar-refractivity contribution is -0.138. The topological polar surface area (TPSA) is 24.9 Å². The van der Waals surface area contributed by atoms with Gasteiger partial charge in [-0.2, -0.15) is 13.2 Å². The number of nitrogens with one attached hydrogen (secondary N) is 1. The molecule has 1 unspecified atom stereocenters. The molecular weight excluding hydrogens is 345 g/mol. The SMILES string of the molecule is CNC(Cc1ccccc1Br)c1cnccc1C(F)(F)F. The molecular formula is C15H14BrF3N2. The predicted octanol–water partition coefficient (Wildman–Crippen LogP) is 4.37. The summed E-state index contributed by atoms with van der Waals surface area (Å²) in [6, 6.07) is 8.04. The largest absolute Gasteiger partial charge is 0.416 e. The molecule has 1 atom stereocenters. The number of alkyl halides is 3. The van der Waals surface area contributed by atoms with E-state index >= 15 is 0 Å². The van der Waals surface area contributed by atoms with Gasteiger partial charge in [0.1, 0.15) is 0 Å². The van der Waals surface area contributed by atoms with Crippen molar-refractivity contribution in [3.63, 3.8) is 0 Å². The van der Waals surface area contributed by atoms with Crippen molar-refractivity contribution in [1.29, 1.82) is 0 Å². The molecule has 1 N–H and O–H groups in total. The first kappa shape index (κ1) is 16.0. The summed E-state index contributed by atoms with van der Waals surface area (Å²) in [5.41, 5.74) is 0.445. The van der Waals surface area contributed by atoms with Gasteiger partial charge in [0, 0.05) is 22.9 Å². The Kier molecular flexibility index (Phi) is 5.00. The van der Waals surface area contributed by atoms with Crippen molar-refractivity contribution in [3.05, 3.63) is 63.9 Å². The summed E-state index contributed by atoms with van der Waals surface area (Å²) in [6.45, 7) is 0. The quantitative estimate of drug-likeness (QED) is 0.877. The highest BCUT2D eigenvalue weighted by Crippen LogP contribution is 2.35. The average molecular weight is 359 g/mol. The molecule has 1 aromatic heterocycles. The maximum absolute atomic E-state index is 13.1. The van der Waals surface area contributed by atoms with Crippen molar-refractivity contribution >= 4 is 15.9 Å². The second kappa shape index (κ2) is 6.58. The third-order valence-electron chi connectivity index (χ3n) is 3.26. The second-order valence-electron chi connectivity index (χ2n) is 4.60. The molecule has 2 aromatic rings. The van der Waals surface area contributed by atoms with Gasteiger partial charge < -0.3 is 5.32 Å². The summed E-state index contributed by atoms with van der Waals surface area (Å²) in [5, 5.41) is 2.95. The van der Waals surface area contributed by atoms with Gasteiger partial charge in [0.15, 0.2) is 0 Å². The zero-order valence-electron chi connectivity index (χ0n) is 11.3.